The first kappa shape index (κ1) is 18.3. The van der Waals surface area contributed by atoms with Crippen molar-refractivity contribution in [3.8, 4) is 17.2 Å². The number of ether oxygens (including phenoxy) is 3. The third kappa shape index (κ3) is 5.01. The number of hydrogen-bond donors (Lipinski definition) is 2. The highest BCUT2D eigenvalue weighted by Gasteiger charge is 2.04. The summed E-state index contributed by atoms with van der Waals surface area (Å²) in [5.41, 5.74) is 8.26. The van der Waals surface area contributed by atoms with Crippen LogP contribution in [-0.4, -0.2) is 12.9 Å². The molecule has 0 bridgehead atoms. The number of nitrogens with one attached hydrogen (secondary N) is 1. The molecule has 3 N–H and O–H groups in total. The molecule has 0 atom stereocenters. The molecule has 0 saturated heterocycles. The van der Waals surface area contributed by atoms with Crippen LogP contribution in [0.5, 0.6) is 17.2 Å². The molecule has 3 aromatic rings. The first-order valence-corrected chi connectivity index (χ1v) is 8.56. The lowest BCUT2D eigenvalue weighted by molar-refractivity contribution is 0.284. The summed E-state index contributed by atoms with van der Waals surface area (Å²) in [6.07, 6.45) is 0. The van der Waals surface area contributed by atoms with Crippen molar-refractivity contribution in [1.29, 1.82) is 5.41 Å². The zero-order valence-corrected chi connectivity index (χ0v) is 15.1. The summed E-state index contributed by atoms with van der Waals surface area (Å²) in [5, 5.41) is 7.39. The van der Waals surface area contributed by atoms with Gasteiger partial charge in [0.15, 0.2) is 11.5 Å². The highest BCUT2D eigenvalue weighted by atomic mass is 16.5. The predicted octanol–water partition coefficient (Wildman–Crippen LogP) is 4.14. The lowest BCUT2D eigenvalue weighted by Crippen LogP contribution is -2.10. The minimum atomic E-state index is 0.0486. The molecule has 27 heavy (non-hydrogen) atoms. The van der Waals surface area contributed by atoms with Crippen molar-refractivity contribution in [1.82, 2.24) is 0 Å². The summed E-state index contributed by atoms with van der Waals surface area (Å²) >= 11 is 0. The number of nitrogen functional groups attached to an aromatic ring is 1. The minimum Gasteiger partial charge on any atom is -0.493 e. The van der Waals surface area contributed by atoms with Crippen LogP contribution >= 0.6 is 0 Å². The molecule has 0 amide bonds. The first-order chi connectivity index (χ1) is 13.2. The zero-order chi connectivity index (χ0) is 19.1. The lowest BCUT2D eigenvalue weighted by Gasteiger charge is -2.11. The van der Waals surface area contributed by atoms with E-state index < -0.39 is 0 Å². The molecule has 5 nitrogen and oxygen atoms in total. The standard InChI is InChI=1S/C22H22N2O3/c1-25-20-4-2-3-5-21(20)27-15-17-8-6-16(7-9-17)14-26-19-12-10-18(11-13-19)22(23)24/h2-13H,14-15H2,1H3,(H3,23,24). The second kappa shape index (κ2) is 8.76. The number of benzene rings is 3. The van der Waals surface area contributed by atoms with E-state index in [2.05, 4.69) is 0 Å². The van der Waals surface area contributed by atoms with Crippen molar-refractivity contribution in [2.75, 3.05) is 7.11 Å². The molecule has 0 spiro atoms. The van der Waals surface area contributed by atoms with Gasteiger partial charge in [-0.2, -0.15) is 0 Å². The highest BCUT2D eigenvalue weighted by Crippen LogP contribution is 2.26. The molecule has 0 heterocycles. The van der Waals surface area contributed by atoms with Crippen molar-refractivity contribution >= 4 is 5.84 Å². The van der Waals surface area contributed by atoms with Crippen LogP contribution in [0.1, 0.15) is 16.7 Å². The van der Waals surface area contributed by atoms with E-state index in [0.717, 1.165) is 28.4 Å². The third-order valence-electron chi connectivity index (χ3n) is 4.06. The van der Waals surface area contributed by atoms with Gasteiger partial charge in [0.05, 0.1) is 7.11 Å². The van der Waals surface area contributed by atoms with Crippen molar-refractivity contribution in [2.45, 2.75) is 13.2 Å². The van der Waals surface area contributed by atoms with Gasteiger partial charge < -0.3 is 19.9 Å². The molecular formula is C22H22N2O3. The molecule has 0 aliphatic heterocycles. The zero-order valence-electron chi connectivity index (χ0n) is 15.1. The van der Waals surface area contributed by atoms with Crippen LogP contribution in [0, 0.1) is 5.41 Å². The van der Waals surface area contributed by atoms with Gasteiger partial charge in [-0.25, -0.2) is 0 Å². The molecule has 0 aliphatic rings. The molecule has 5 heteroatoms. The van der Waals surface area contributed by atoms with Gasteiger partial charge in [0.25, 0.3) is 0 Å². The van der Waals surface area contributed by atoms with Crippen molar-refractivity contribution < 1.29 is 14.2 Å². The monoisotopic (exact) mass is 362 g/mol. The lowest BCUT2D eigenvalue weighted by atomic mass is 10.1. The summed E-state index contributed by atoms with van der Waals surface area (Å²) in [7, 11) is 1.63. The Labute approximate surface area is 158 Å². The smallest absolute Gasteiger partial charge is 0.161 e. The largest absolute Gasteiger partial charge is 0.493 e. The van der Waals surface area contributed by atoms with Gasteiger partial charge in [0.1, 0.15) is 24.8 Å². The number of methoxy groups -OCH3 is 1. The van der Waals surface area contributed by atoms with Gasteiger partial charge in [0.2, 0.25) is 0 Å². The van der Waals surface area contributed by atoms with Crippen LogP contribution in [-0.2, 0) is 13.2 Å². The Hall–Kier alpha value is -3.47. The average molecular weight is 362 g/mol. The molecule has 0 radical (unpaired) electrons. The third-order valence-corrected chi connectivity index (χ3v) is 4.06. The van der Waals surface area contributed by atoms with E-state index in [1.807, 2.05) is 60.7 Å². The molecule has 0 fully saturated rings. The molecule has 138 valence electrons. The fraction of sp³-hybridized carbons (Fsp3) is 0.136. The second-order valence-corrected chi connectivity index (χ2v) is 5.98. The second-order valence-electron chi connectivity index (χ2n) is 5.98. The number of rotatable bonds is 8. The fourth-order valence-corrected chi connectivity index (χ4v) is 2.53. The highest BCUT2D eigenvalue weighted by molar-refractivity contribution is 5.94. The number of hydrogen-bond acceptors (Lipinski definition) is 4. The van der Waals surface area contributed by atoms with E-state index in [1.165, 1.54) is 0 Å². The normalized spacial score (nSPS) is 10.3. The molecule has 3 rings (SSSR count). The van der Waals surface area contributed by atoms with Crippen molar-refractivity contribution in [3.05, 3.63) is 89.5 Å². The van der Waals surface area contributed by atoms with Crippen LogP contribution in [0.25, 0.3) is 0 Å². The van der Waals surface area contributed by atoms with Crippen molar-refractivity contribution in [2.24, 2.45) is 5.73 Å². The average Bonchev–Trinajstić information content (AvgIpc) is 2.72. The van der Waals surface area contributed by atoms with Gasteiger partial charge >= 0.3 is 0 Å². The number of nitrogens with two attached hydrogens (primary N) is 1. The van der Waals surface area contributed by atoms with Crippen LogP contribution in [0.3, 0.4) is 0 Å². The van der Waals surface area contributed by atoms with Crippen molar-refractivity contribution in [3.63, 3.8) is 0 Å². The van der Waals surface area contributed by atoms with Gasteiger partial charge in [0, 0.05) is 5.56 Å². The first-order valence-electron chi connectivity index (χ1n) is 8.56. The fourth-order valence-electron chi connectivity index (χ4n) is 2.53. The Morgan fingerprint density at radius 1 is 0.778 bits per heavy atom. The van der Waals surface area contributed by atoms with Gasteiger partial charge in [-0.05, 0) is 47.5 Å². The maximum absolute atomic E-state index is 7.39. The predicted molar refractivity (Wildman–Crippen MR) is 106 cm³/mol. The maximum atomic E-state index is 7.39. The quantitative estimate of drug-likeness (QED) is 0.466. The van der Waals surface area contributed by atoms with Gasteiger partial charge in [-0.3, -0.25) is 5.41 Å². The van der Waals surface area contributed by atoms with E-state index in [1.54, 1.807) is 19.2 Å². The maximum Gasteiger partial charge on any atom is 0.161 e. The SMILES string of the molecule is COc1ccccc1OCc1ccc(COc2ccc(C(=N)N)cc2)cc1. The van der Waals surface area contributed by atoms with Gasteiger partial charge in [-0.1, -0.05) is 36.4 Å². The molecular weight excluding hydrogens is 340 g/mol. The summed E-state index contributed by atoms with van der Waals surface area (Å²) in [6, 6.07) is 22.8. The minimum absolute atomic E-state index is 0.0486. The van der Waals surface area contributed by atoms with E-state index >= 15 is 0 Å². The molecule has 0 aromatic heterocycles. The van der Waals surface area contributed by atoms with Crippen LogP contribution < -0.4 is 19.9 Å². The molecule has 0 aliphatic carbocycles. The summed E-state index contributed by atoms with van der Waals surface area (Å²) in [5.74, 6) is 2.23. The Morgan fingerprint density at radius 3 is 1.89 bits per heavy atom. The number of amidine groups is 1. The topological polar surface area (TPSA) is 77.6 Å². The van der Waals surface area contributed by atoms with Gasteiger partial charge in [-0.15, -0.1) is 0 Å². The molecule has 3 aromatic carbocycles. The summed E-state index contributed by atoms with van der Waals surface area (Å²) in [6.45, 7) is 0.932. The number of para-hydroxylation sites is 2. The van der Waals surface area contributed by atoms with Crippen LogP contribution in [0.15, 0.2) is 72.8 Å². The summed E-state index contributed by atoms with van der Waals surface area (Å²) in [4.78, 5) is 0. The van der Waals surface area contributed by atoms with E-state index in [4.69, 9.17) is 25.4 Å². The van der Waals surface area contributed by atoms with Crippen LogP contribution in [0.2, 0.25) is 0 Å². The van der Waals surface area contributed by atoms with E-state index in [-0.39, 0.29) is 5.84 Å². The van der Waals surface area contributed by atoms with Crippen LogP contribution in [0.4, 0.5) is 0 Å². The van der Waals surface area contributed by atoms with E-state index in [9.17, 15) is 0 Å². The van der Waals surface area contributed by atoms with E-state index in [0.29, 0.717) is 18.8 Å². The molecule has 0 saturated carbocycles. The Kier molecular flexibility index (Phi) is 5.94. The summed E-state index contributed by atoms with van der Waals surface area (Å²) < 4.78 is 16.9. The Balaban J connectivity index is 1.53. The Morgan fingerprint density at radius 2 is 1.33 bits per heavy atom. The molecule has 0 unspecified atom stereocenters. The Bertz CT molecular complexity index is 890.